The van der Waals surface area contributed by atoms with Gasteiger partial charge in [-0.05, 0) is 36.1 Å². The second kappa shape index (κ2) is 12.6. The van der Waals surface area contributed by atoms with Crippen molar-refractivity contribution in [3.8, 4) is 5.75 Å². The van der Waals surface area contributed by atoms with Gasteiger partial charge in [-0.3, -0.25) is 4.55 Å². The quantitative estimate of drug-likeness (QED) is 0.325. The third kappa shape index (κ3) is 9.12. The van der Waals surface area contributed by atoms with Gasteiger partial charge in [0.1, 0.15) is 16.3 Å². The highest BCUT2D eigenvalue weighted by atomic mass is 32.2. The largest absolute Gasteiger partial charge is 0.505 e. The number of hydrogen-bond acceptors (Lipinski definition) is 12. The number of phenols is 1. The van der Waals surface area contributed by atoms with E-state index < -0.39 is 36.2 Å². The molecule has 3 rings (SSSR count). The van der Waals surface area contributed by atoms with Crippen LogP contribution in [0.15, 0.2) is 63.7 Å². The number of aromatic hydroxyl groups is 1. The van der Waals surface area contributed by atoms with Gasteiger partial charge in [-0.15, -0.1) is 35.5 Å². The van der Waals surface area contributed by atoms with E-state index in [0.717, 1.165) is 17.0 Å². The Morgan fingerprint density at radius 1 is 0.824 bits per heavy atom. The number of fused-ring (bicyclic) bond motifs is 1. The van der Waals surface area contributed by atoms with Gasteiger partial charge in [0.2, 0.25) is 0 Å². The first-order valence-electron chi connectivity index (χ1n) is 8.65. The van der Waals surface area contributed by atoms with Gasteiger partial charge in [0.05, 0.1) is 6.61 Å². The molecule has 13 nitrogen and oxygen atoms in total. The lowest BCUT2D eigenvalue weighted by molar-refractivity contribution is 0.281. The van der Waals surface area contributed by atoms with Crippen LogP contribution in [0.1, 0.15) is 11.1 Å². The molecule has 0 unspecified atom stereocenters. The van der Waals surface area contributed by atoms with E-state index in [1.807, 2.05) is 19.1 Å². The second-order valence-corrected chi connectivity index (χ2v) is 8.41. The summed E-state index contributed by atoms with van der Waals surface area (Å²) in [4.78, 5) is -0.469. The van der Waals surface area contributed by atoms with E-state index >= 15 is 0 Å². The molecule has 0 atom stereocenters. The molecule has 0 heterocycles. The molecule has 0 spiro atoms. The van der Waals surface area contributed by atoms with Crippen molar-refractivity contribution in [3.63, 3.8) is 0 Å². The molecule has 0 aromatic heterocycles. The van der Waals surface area contributed by atoms with Crippen molar-refractivity contribution in [1.82, 2.24) is 0 Å². The third-order valence-corrected chi connectivity index (χ3v) is 4.76. The number of aliphatic hydroxyl groups is 1. The summed E-state index contributed by atoms with van der Waals surface area (Å²) >= 11 is 0. The van der Waals surface area contributed by atoms with Crippen molar-refractivity contribution in [2.75, 3.05) is 0 Å². The van der Waals surface area contributed by atoms with Crippen LogP contribution in [-0.2, 0) is 37.9 Å². The van der Waals surface area contributed by atoms with Crippen molar-refractivity contribution in [2.24, 2.45) is 10.2 Å². The fourth-order valence-corrected chi connectivity index (χ4v) is 3.23. The Labute approximate surface area is 195 Å². The van der Waals surface area contributed by atoms with Gasteiger partial charge in [-0.25, -0.2) is 0 Å². The molecule has 3 aromatic rings. The van der Waals surface area contributed by atoms with Crippen molar-refractivity contribution in [2.45, 2.75) is 18.4 Å². The van der Waals surface area contributed by atoms with E-state index in [-0.39, 0.29) is 23.7 Å². The highest BCUT2D eigenvalue weighted by molar-refractivity contribution is 7.86. The van der Waals surface area contributed by atoms with Crippen molar-refractivity contribution in [3.05, 3.63) is 59.7 Å². The Bertz CT molecular complexity index is 1510. The van der Waals surface area contributed by atoms with Gasteiger partial charge in [-0.1, -0.05) is 35.9 Å². The topological polar surface area (TPSA) is 222 Å². The van der Waals surface area contributed by atoms with Crippen LogP contribution in [0, 0.1) is 6.92 Å². The van der Waals surface area contributed by atoms with Crippen LogP contribution >= 0.6 is 0 Å². The van der Waals surface area contributed by atoms with E-state index in [1.54, 1.807) is 18.2 Å². The van der Waals surface area contributed by atoms with Crippen LogP contribution in [-0.4, -0.2) is 48.4 Å². The lowest BCUT2D eigenvalue weighted by Crippen LogP contribution is -1.99. The van der Waals surface area contributed by atoms with Crippen LogP contribution < -0.4 is 0 Å². The number of phenolic OH excluding ortho intramolecular Hbond substituents is 1. The van der Waals surface area contributed by atoms with Crippen molar-refractivity contribution in [1.29, 1.82) is 0 Å². The van der Waals surface area contributed by atoms with Gasteiger partial charge < -0.3 is 10.2 Å². The van der Waals surface area contributed by atoms with Crippen LogP contribution in [0.5, 0.6) is 5.75 Å². The molecule has 3 N–H and O–H groups in total. The zero-order chi connectivity index (χ0) is 26.1. The standard InChI is InChI=1S/C18H16N2O5S.2O3S/c1-11-2-5-14-13(8-11)4-7-16(18(14)22)20-19-15-6-3-12(10-21)9-17(15)26(23,24)25;2*1-4(2)3/h2-9,21-22H,10H2,1H3,(H,23,24,25);;. The van der Waals surface area contributed by atoms with Crippen molar-refractivity contribution < 1.29 is 48.4 Å². The molecule has 3 aromatic carbocycles. The summed E-state index contributed by atoms with van der Waals surface area (Å²) in [5.74, 6) is -0.0772. The van der Waals surface area contributed by atoms with Crippen LogP contribution in [0.25, 0.3) is 10.8 Å². The summed E-state index contributed by atoms with van der Waals surface area (Å²) in [7, 11) is -10.8. The minimum Gasteiger partial charge on any atom is -0.505 e. The number of rotatable bonds is 4. The number of aryl methyl sites for hydroxylation is 1. The van der Waals surface area contributed by atoms with E-state index in [1.165, 1.54) is 12.1 Å². The first kappa shape index (κ1) is 28.5. The van der Waals surface area contributed by atoms with E-state index in [9.17, 15) is 18.1 Å². The van der Waals surface area contributed by atoms with Crippen LogP contribution in [0.3, 0.4) is 0 Å². The first-order chi connectivity index (χ1) is 15.8. The first-order valence-corrected chi connectivity index (χ1v) is 12.1. The lowest BCUT2D eigenvalue weighted by Gasteiger charge is -2.06. The highest BCUT2D eigenvalue weighted by Gasteiger charge is 2.16. The molecule has 0 aliphatic heterocycles. The normalized spacial score (nSPS) is 10.7. The van der Waals surface area contributed by atoms with Crippen LogP contribution in [0.2, 0.25) is 0 Å². The second-order valence-electron chi connectivity index (χ2n) is 6.20. The Morgan fingerprint density at radius 2 is 1.35 bits per heavy atom. The molecular formula is C18H16N2O11S3. The molecule has 0 bridgehead atoms. The number of hydrogen-bond donors (Lipinski definition) is 3. The monoisotopic (exact) mass is 532 g/mol. The Kier molecular flexibility index (Phi) is 10.6. The zero-order valence-electron chi connectivity index (χ0n) is 17.1. The number of aliphatic hydroxyl groups excluding tert-OH is 1. The van der Waals surface area contributed by atoms with E-state index in [2.05, 4.69) is 10.2 Å². The van der Waals surface area contributed by atoms with Crippen molar-refractivity contribution >= 4 is 53.5 Å². The van der Waals surface area contributed by atoms with E-state index in [0.29, 0.717) is 10.9 Å². The third-order valence-electron chi connectivity index (χ3n) is 3.88. The summed E-state index contributed by atoms with van der Waals surface area (Å²) in [6.07, 6.45) is 0. The molecule has 0 saturated carbocycles. The maximum Gasteiger partial charge on any atom is 0.425 e. The van der Waals surface area contributed by atoms with Gasteiger partial charge >= 0.3 is 21.2 Å². The summed E-state index contributed by atoms with van der Waals surface area (Å²) in [5.41, 5.74) is 1.41. The van der Waals surface area contributed by atoms with Gasteiger partial charge in [0.25, 0.3) is 10.1 Å². The maximum atomic E-state index is 11.5. The van der Waals surface area contributed by atoms with Gasteiger partial charge in [-0.2, -0.15) is 8.42 Å². The molecule has 0 fully saturated rings. The Hall–Kier alpha value is -3.57. The Balaban J connectivity index is 0.000000629. The summed E-state index contributed by atoms with van der Waals surface area (Å²) in [6, 6.07) is 12.8. The molecule has 0 saturated heterocycles. The lowest BCUT2D eigenvalue weighted by atomic mass is 10.1. The van der Waals surface area contributed by atoms with Gasteiger partial charge in [0.15, 0.2) is 5.75 Å². The summed E-state index contributed by atoms with van der Waals surface area (Å²) in [5, 5.41) is 28.7. The van der Waals surface area contributed by atoms with Crippen LogP contribution in [0.4, 0.5) is 11.4 Å². The maximum absolute atomic E-state index is 11.5. The summed E-state index contributed by atoms with van der Waals surface area (Å²) in [6.45, 7) is 1.56. The minimum atomic E-state index is -4.55. The molecule has 16 heteroatoms. The summed E-state index contributed by atoms with van der Waals surface area (Å²) < 4.78 is 83.1. The van der Waals surface area contributed by atoms with Gasteiger partial charge in [0, 0.05) is 5.39 Å². The number of azo groups is 1. The molecular weight excluding hydrogens is 516 g/mol. The predicted molar refractivity (Wildman–Crippen MR) is 116 cm³/mol. The number of nitrogens with zero attached hydrogens (tertiary/aromatic N) is 2. The fourth-order valence-electron chi connectivity index (χ4n) is 2.56. The SMILES string of the molecule is Cc1ccc2c(O)c(N=Nc3ccc(CO)cc3S(=O)(=O)O)ccc2c1.O=S(=O)=O.O=S(=O)=O. The number of benzene rings is 3. The molecule has 0 radical (unpaired) electrons. The smallest absolute Gasteiger partial charge is 0.425 e. The minimum absolute atomic E-state index is 0.0772. The van der Waals surface area contributed by atoms with E-state index in [4.69, 9.17) is 30.4 Å². The Morgan fingerprint density at radius 3 is 1.88 bits per heavy atom. The average Bonchev–Trinajstić information content (AvgIpc) is 2.71. The fraction of sp³-hybridized carbons (Fsp3) is 0.111. The predicted octanol–water partition coefficient (Wildman–Crippen LogP) is 2.00. The molecule has 0 aliphatic carbocycles. The molecule has 0 aliphatic rings. The molecule has 34 heavy (non-hydrogen) atoms. The highest BCUT2D eigenvalue weighted by Crippen LogP contribution is 2.36. The zero-order valence-corrected chi connectivity index (χ0v) is 19.5. The molecule has 182 valence electrons. The molecule has 0 amide bonds. The average molecular weight is 533 g/mol.